The average molecular weight is 316 g/mol. The Morgan fingerprint density at radius 1 is 1.33 bits per heavy atom. The van der Waals surface area contributed by atoms with Crippen molar-refractivity contribution >= 4 is 29.4 Å². The number of benzene rings is 1. The zero-order chi connectivity index (χ0) is 16.2. The van der Waals surface area contributed by atoms with Crippen LogP contribution in [0.25, 0.3) is 0 Å². The van der Waals surface area contributed by atoms with E-state index in [0.29, 0.717) is 5.69 Å². The lowest BCUT2D eigenvalue weighted by Gasteiger charge is -2.20. The van der Waals surface area contributed by atoms with Crippen molar-refractivity contribution in [1.82, 2.24) is 0 Å². The third kappa shape index (κ3) is 5.24. The number of carbonyl (C=O) groups is 2. The first-order valence-electron chi connectivity index (χ1n) is 6.19. The minimum absolute atomic E-state index is 0.136. The Labute approximate surface area is 128 Å². The maximum atomic E-state index is 11.7. The summed E-state index contributed by atoms with van der Waals surface area (Å²) in [4.78, 5) is 23.0. The molecule has 0 radical (unpaired) electrons. The van der Waals surface area contributed by atoms with Crippen molar-refractivity contribution in [2.45, 2.75) is 32.5 Å². The molecule has 1 aromatic rings. The quantitative estimate of drug-likeness (QED) is 0.838. The molecule has 0 heterocycles. The highest BCUT2D eigenvalue weighted by Gasteiger charge is 2.22. The van der Waals surface area contributed by atoms with Gasteiger partial charge in [-0.1, -0.05) is 11.6 Å². The smallest absolute Gasteiger partial charge is 0.412 e. The molecule has 1 amide bonds. The second-order valence-electron chi connectivity index (χ2n) is 5.29. The predicted molar refractivity (Wildman–Crippen MR) is 78.3 cm³/mol. The summed E-state index contributed by atoms with van der Waals surface area (Å²) in [5.74, 6) is -0.841. The lowest BCUT2D eigenvalue weighted by molar-refractivity contribution is -0.150. The van der Waals surface area contributed by atoms with Gasteiger partial charge in [0.05, 0.1) is 7.11 Å². The molecule has 0 bridgehead atoms. The number of methoxy groups -OCH3 is 1. The van der Waals surface area contributed by atoms with E-state index in [4.69, 9.17) is 16.3 Å². The van der Waals surface area contributed by atoms with E-state index in [-0.39, 0.29) is 10.6 Å². The van der Waals surface area contributed by atoms with Crippen LogP contribution in [0.2, 0.25) is 5.02 Å². The molecule has 6 nitrogen and oxygen atoms in total. The van der Waals surface area contributed by atoms with E-state index in [1.807, 2.05) is 0 Å². The molecule has 1 aromatic carbocycles. The molecule has 1 rings (SSSR count). The molecule has 0 spiro atoms. The maximum absolute atomic E-state index is 11.7. The van der Waals surface area contributed by atoms with E-state index < -0.39 is 23.8 Å². The van der Waals surface area contributed by atoms with E-state index in [9.17, 15) is 14.7 Å². The fraction of sp³-hybridized carbons (Fsp3) is 0.429. The van der Waals surface area contributed by atoms with Crippen molar-refractivity contribution in [1.29, 1.82) is 0 Å². The highest BCUT2D eigenvalue weighted by atomic mass is 35.5. The van der Waals surface area contributed by atoms with E-state index >= 15 is 0 Å². The van der Waals surface area contributed by atoms with Crippen LogP contribution in [0.1, 0.15) is 32.4 Å². The number of nitrogens with one attached hydrogen (secondary N) is 1. The van der Waals surface area contributed by atoms with Gasteiger partial charge in [-0.25, -0.2) is 9.59 Å². The zero-order valence-electron chi connectivity index (χ0n) is 12.3. The third-order valence-electron chi connectivity index (χ3n) is 2.36. The van der Waals surface area contributed by atoms with Gasteiger partial charge in [-0.2, -0.15) is 0 Å². The van der Waals surface area contributed by atoms with Crippen molar-refractivity contribution in [2.75, 3.05) is 12.4 Å². The van der Waals surface area contributed by atoms with Crippen molar-refractivity contribution in [3.8, 4) is 0 Å². The normalized spacial score (nSPS) is 12.5. The molecule has 7 heteroatoms. The summed E-state index contributed by atoms with van der Waals surface area (Å²) in [6.45, 7) is 5.21. The van der Waals surface area contributed by atoms with Crippen LogP contribution in [0, 0.1) is 0 Å². The molecule has 1 unspecified atom stereocenters. The van der Waals surface area contributed by atoms with Gasteiger partial charge < -0.3 is 14.6 Å². The van der Waals surface area contributed by atoms with Gasteiger partial charge in [0.1, 0.15) is 5.60 Å². The summed E-state index contributed by atoms with van der Waals surface area (Å²) in [5, 5.41) is 12.5. The number of anilines is 1. The van der Waals surface area contributed by atoms with Crippen LogP contribution in [0.15, 0.2) is 18.2 Å². The van der Waals surface area contributed by atoms with Crippen LogP contribution >= 0.6 is 11.6 Å². The number of aliphatic hydroxyl groups excluding tert-OH is 1. The highest BCUT2D eigenvalue weighted by molar-refractivity contribution is 6.31. The van der Waals surface area contributed by atoms with E-state index in [0.717, 1.165) is 7.11 Å². The largest absolute Gasteiger partial charge is 0.467 e. The topological polar surface area (TPSA) is 84.9 Å². The van der Waals surface area contributed by atoms with Gasteiger partial charge in [-0.05, 0) is 39.0 Å². The van der Waals surface area contributed by atoms with E-state index in [2.05, 4.69) is 10.1 Å². The molecule has 0 aliphatic heterocycles. The Morgan fingerprint density at radius 2 is 1.95 bits per heavy atom. The minimum atomic E-state index is -1.53. The summed E-state index contributed by atoms with van der Waals surface area (Å²) >= 11 is 5.92. The van der Waals surface area contributed by atoms with Gasteiger partial charge in [0.25, 0.3) is 0 Å². The van der Waals surface area contributed by atoms with Crippen LogP contribution in [-0.4, -0.2) is 29.9 Å². The number of amides is 1. The first-order valence-corrected chi connectivity index (χ1v) is 6.57. The summed E-state index contributed by atoms with van der Waals surface area (Å²) in [6.07, 6.45) is -2.17. The Bertz CT molecular complexity index is 539. The van der Waals surface area contributed by atoms with Crippen molar-refractivity contribution in [3.63, 3.8) is 0 Å². The SMILES string of the molecule is COC(=O)C(O)c1cc(NC(=O)OC(C)(C)C)ccc1Cl. The number of hydrogen-bond acceptors (Lipinski definition) is 5. The molecule has 0 aromatic heterocycles. The summed E-state index contributed by atoms with van der Waals surface area (Å²) in [6, 6.07) is 4.36. The predicted octanol–water partition coefficient (Wildman–Crippen LogP) is 2.89. The number of rotatable bonds is 3. The Kier molecular flexibility index (Phi) is 5.57. The van der Waals surface area contributed by atoms with Gasteiger partial charge in [-0.3, -0.25) is 5.32 Å². The van der Waals surface area contributed by atoms with Crippen molar-refractivity contribution in [3.05, 3.63) is 28.8 Å². The average Bonchev–Trinajstić information content (AvgIpc) is 2.37. The summed E-state index contributed by atoms with van der Waals surface area (Å²) < 4.78 is 9.55. The minimum Gasteiger partial charge on any atom is -0.467 e. The van der Waals surface area contributed by atoms with E-state index in [1.54, 1.807) is 20.8 Å². The zero-order valence-corrected chi connectivity index (χ0v) is 13.0. The summed E-state index contributed by atoms with van der Waals surface area (Å²) in [5.41, 5.74) is -0.158. The number of carbonyl (C=O) groups excluding carboxylic acids is 2. The van der Waals surface area contributed by atoms with Crippen molar-refractivity contribution < 1.29 is 24.2 Å². The molecule has 21 heavy (non-hydrogen) atoms. The molecule has 0 fully saturated rings. The standard InChI is InChI=1S/C14H18ClNO5/c1-14(2,3)21-13(19)16-8-5-6-10(15)9(7-8)11(17)12(18)20-4/h5-7,11,17H,1-4H3,(H,16,19). The number of esters is 1. The van der Waals surface area contributed by atoms with Crippen molar-refractivity contribution in [2.24, 2.45) is 0 Å². The fourth-order valence-electron chi connectivity index (χ4n) is 1.49. The van der Waals surface area contributed by atoms with Crippen LogP contribution in [-0.2, 0) is 14.3 Å². The third-order valence-corrected chi connectivity index (χ3v) is 2.70. The maximum Gasteiger partial charge on any atom is 0.412 e. The first kappa shape index (κ1) is 17.3. The highest BCUT2D eigenvalue weighted by Crippen LogP contribution is 2.27. The molecule has 0 aliphatic rings. The summed E-state index contributed by atoms with van der Waals surface area (Å²) in [7, 11) is 1.16. The molecular formula is C14H18ClNO5. The fourth-order valence-corrected chi connectivity index (χ4v) is 1.71. The number of aliphatic hydroxyl groups is 1. The molecule has 116 valence electrons. The Morgan fingerprint density at radius 3 is 2.48 bits per heavy atom. The molecule has 1 atom stereocenters. The first-order chi connectivity index (χ1) is 9.64. The van der Waals surface area contributed by atoms with Gasteiger partial charge in [0.2, 0.25) is 0 Å². The number of halogens is 1. The second-order valence-corrected chi connectivity index (χ2v) is 5.70. The van der Waals surface area contributed by atoms with Crippen LogP contribution in [0.5, 0.6) is 0 Å². The molecule has 0 aliphatic carbocycles. The van der Waals surface area contributed by atoms with Gasteiger partial charge >= 0.3 is 12.1 Å². The second kappa shape index (κ2) is 6.78. The lowest BCUT2D eigenvalue weighted by Crippen LogP contribution is -2.27. The van der Waals surface area contributed by atoms with Gasteiger partial charge in [-0.15, -0.1) is 0 Å². The van der Waals surface area contributed by atoms with E-state index in [1.165, 1.54) is 18.2 Å². The molecular weight excluding hydrogens is 298 g/mol. The van der Waals surface area contributed by atoms with Crippen LogP contribution < -0.4 is 5.32 Å². The van der Waals surface area contributed by atoms with Crippen LogP contribution in [0.4, 0.5) is 10.5 Å². The molecule has 0 saturated carbocycles. The monoisotopic (exact) mass is 315 g/mol. The number of ether oxygens (including phenoxy) is 2. The van der Waals surface area contributed by atoms with Crippen LogP contribution in [0.3, 0.4) is 0 Å². The Hall–Kier alpha value is -1.79. The Balaban J connectivity index is 2.92. The lowest BCUT2D eigenvalue weighted by atomic mass is 10.1. The van der Waals surface area contributed by atoms with Gasteiger partial charge in [0, 0.05) is 16.3 Å². The number of hydrogen-bond donors (Lipinski definition) is 2. The molecule has 0 saturated heterocycles. The van der Waals surface area contributed by atoms with Gasteiger partial charge in [0.15, 0.2) is 6.10 Å². The molecule has 2 N–H and O–H groups in total.